The van der Waals surface area contributed by atoms with Gasteiger partial charge < -0.3 is 40.0 Å². The van der Waals surface area contributed by atoms with E-state index in [2.05, 4.69) is 20.9 Å². The fourth-order valence-corrected chi connectivity index (χ4v) is 5.59. The lowest BCUT2D eigenvalue weighted by Crippen LogP contribution is -2.49. The van der Waals surface area contributed by atoms with Gasteiger partial charge in [0, 0.05) is 31.1 Å². The van der Waals surface area contributed by atoms with Crippen molar-refractivity contribution in [1.29, 1.82) is 0 Å². The maximum atomic E-state index is 13.2. The van der Waals surface area contributed by atoms with Crippen molar-refractivity contribution in [3.05, 3.63) is 53.7 Å². The first-order valence-corrected chi connectivity index (χ1v) is 15.6. The van der Waals surface area contributed by atoms with E-state index in [0.29, 0.717) is 65.1 Å². The molecule has 0 spiro atoms. The summed E-state index contributed by atoms with van der Waals surface area (Å²) in [6.07, 6.45) is 3.36. The minimum Gasteiger partial charge on any atom is -0.493 e. The van der Waals surface area contributed by atoms with Gasteiger partial charge in [-0.1, -0.05) is 12.1 Å². The molecule has 14 heteroatoms. The van der Waals surface area contributed by atoms with Gasteiger partial charge in [0.2, 0.25) is 23.3 Å². The van der Waals surface area contributed by atoms with Gasteiger partial charge in [0.15, 0.2) is 11.5 Å². The van der Waals surface area contributed by atoms with Crippen molar-refractivity contribution in [2.75, 3.05) is 60.4 Å². The summed E-state index contributed by atoms with van der Waals surface area (Å²) < 4.78 is 16.0. The van der Waals surface area contributed by atoms with Crippen LogP contribution in [0.4, 0.5) is 5.69 Å². The number of nitrogens with one attached hydrogen (secondary N) is 3. The van der Waals surface area contributed by atoms with E-state index in [4.69, 9.17) is 14.2 Å². The zero-order valence-corrected chi connectivity index (χ0v) is 27.9. The number of methoxy groups -OCH3 is 3. The number of carbonyl (C=O) groups is 5. The Morgan fingerprint density at radius 1 is 0.979 bits per heavy atom. The van der Waals surface area contributed by atoms with Gasteiger partial charge in [0.05, 0.1) is 44.6 Å². The van der Waals surface area contributed by atoms with Crippen molar-refractivity contribution < 1.29 is 38.2 Å². The maximum Gasteiger partial charge on any atom is 0.289 e. The summed E-state index contributed by atoms with van der Waals surface area (Å²) in [4.78, 5) is 72.6. The molecule has 0 bridgehead atoms. The molecule has 1 saturated heterocycles. The molecular formula is C34H42N6O8. The zero-order valence-electron chi connectivity index (χ0n) is 27.9. The predicted molar refractivity (Wildman–Crippen MR) is 178 cm³/mol. The molecule has 3 N–H and O–H groups in total. The number of carbonyl (C=O) groups excluding carboxylic acids is 5. The van der Waals surface area contributed by atoms with Crippen molar-refractivity contribution in [2.45, 2.75) is 38.3 Å². The average Bonchev–Trinajstić information content (AvgIpc) is 3.58. The van der Waals surface area contributed by atoms with E-state index in [1.54, 1.807) is 30.3 Å². The quantitative estimate of drug-likeness (QED) is 0.205. The molecule has 2 heterocycles. The van der Waals surface area contributed by atoms with Crippen LogP contribution in [0, 0.1) is 0 Å². The van der Waals surface area contributed by atoms with Crippen molar-refractivity contribution in [3.63, 3.8) is 0 Å². The molecule has 1 aromatic heterocycles. The SMILES string of the molecule is COc1cc(CNC(=O)C(=O)[C@@H]2CCCN2C(=O)CNC(=O)c2ccnc3c(NC(=O)CCCN(C)C)cccc23)cc(OC)c1OC. The number of amides is 4. The third-order valence-corrected chi connectivity index (χ3v) is 7.98. The average molecular weight is 663 g/mol. The highest BCUT2D eigenvalue weighted by Gasteiger charge is 2.37. The van der Waals surface area contributed by atoms with Crippen LogP contribution in [-0.4, -0.2) is 105 Å². The lowest BCUT2D eigenvalue weighted by molar-refractivity contribution is -0.144. The molecule has 1 atom stereocenters. The van der Waals surface area contributed by atoms with Gasteiger partial charge in [0.25, 0.3) is 11.8 Å². The first kappa shape index (κ1) is 35.6. The second-order valence-corrected chi connectivity index (χ2v) is 11.5. The van der Waals surface area contributed by atoms with Gasteiger partial charge >= 0.3 is 0 Å². The van der Waals surface area contributed by atoms with Crippen LogP contribution in [0.15, 0.2) is 42.6 Å². The van der Waals surface area contributed by atoms with E-state index in [0.717, 1.165) is 6.54 Å². The summed E-state index contributed by atoms with van der Waals surface area (Å²) in [5.41, 5.74) is 1.82. The molecule has 1 aliphatic rings. The van der Waals surface area contributed by atoms with Gasteiger partial charge in [0.1, 0.15) is 6.04 Å². The Labute approximate surface area is 279 Å². The Bertz CT molecular complexity index is 1650. The van der Waals surface area contributed by atoms with Gasteiger partial charge in [-0.3, -0.25) is 29.0 Å². The Kier molecular flexibility index (Phi) is 12.3. The lowest BCUT2D eigenvalue weighted by atomic mass is 10.1. The second-order valence-electron chi connectivity index (χ2n) is 11.5. The van der Waals surface area contributed by atoms with Crippen LogP contribution in [0.25, 0.3) is 10.9 Å². The molecule has 256 valence electrons. The van der Waals surface area contributed by atoms with Gasteiger partial charge in [-0.15, -0.1) is 0 Å². The molecule has 14 nitrogen and oxygen atoms in total. The molecule has 0 saturated carbocycles. The standard InChI is InChI=1S/C34H42N6O8/c1-39(2)15-8-12-28(41)38-24-10-6-9-22-23(13-14-35-30(22)24)33(44)37-20-29(42)40-16-7-11-25(40)31(43)34(45)36-19-21-17-26(46-3)32(48-5)27(18-21)47-4/h6,9-10,13-14,17-18,25H,7-8,11-12,15-16,19-20H2,1-5H3,(H,36,45)(H,37,44)(H,38,41)/t25-/m0/s1. The van der Waals surface area contributed by atoms with Crippen molar-refractivity contribution in [2.24, 2.45) is 0 Å². The molecule has 2 aromatic carbocycles. The number of rotatable bonds is 15. The van der Waals surface area contributed by atoms with E-state index >= 15 is 0 Å². The van der Waals surface area contributed by atoms with Crippen LogP contribution in [0.2, 0.25) is 0 Å². The van der Waals surface area contributed by atoms with Crippen LogP contribution >= 0.6 is 0 Å². The fourth-order valence-electron chi connectivity index (χ4n) is 5.59. The van der Waals surface area contributed by atoms with Crippen LogP contribution in [-0.2, 0) is 25.7 Å². The molecule has 4 rings (SSSR count). The number of ether oxygens (including phenoxy) is 3. The number of nitrogens with zero attached hydrogens (tertiary/aromatic N) is 3. The Hall–Kier alpha value is -5.24. The number of pyridine rings is 1. The van der Waals surface area contributed by atoms with Crippen molar-refractivity contribution >= 4 is 46.0 Å². The van der Waals surface area contributed by atoms with Gasteiger partial charge in [-0.2, -0.15) is 0 Å². The number of likely N-dealkylation sites (tertiary alicyclic amines) is 1. The number of Topliss-reactive ketones (excluding diaryl/α,β-unsaturated/α-hetero) is 1. The highest BCUT2D eigenvalue weighted by molar-refractivity contribution is 6.38. The Morgan fingerprint density at radius 3 is 2.38 bits per heavy atom. The van der Waals surface area contributed by atoms with Gasteiger partial charge in [-0.25, -0.2) is 0 Å². The second kappa shape index (κ2) is 16.5. The smallest absolute Gasteiger partial charge is 0.289 e. The number of para-hydroxylation sites is 1. The van der Waals surface area contributed by atoms with E-state index in [9.17, 15) is 24.0 Å². The molecular weight excluding hydrogens is 620 g/mol. The number of aromatic nitrogens is 1. The summed E-state index contributed by atoms with van der Waals surface area (Å²) >= 11 is 0. The van der Waals surface area contributed by atoms with Crippen LogP contribution in [0.3, 0.4) is 0 Å². The van der Waals surface area contributed by atoms with Crippen molar-refractivity contribution in [3.8, 4) is 17.2 Å². The molecule has 0 aliphatic carbocycles. The summed E-state index contributed by atoms with van der Waals surface area (Å²) in [7, 11) is 8.32. The topological polar surface area (TPSA) is 168 Å². The lowest BCUT2D eigenvalue weighted by Gasteiger charge is -2.23. The third kappa shape index (κ3) is 8.56. The first-order valence-electron chi connectivity index (χ1n) is 15.6. The number of anilines is 1. The number of ketones is 1. The number of hydrogen-bond acceptors (Lipinski definition) is 10. The highest BCUT2D eigenvalue weighted by atomic mass is 16.5. The molecule has 1 fully saturated rings. The summed E-state index contributed by atoms with van der Waals surface area (Å²) in [6, 6.07) is 9.07. The fraction of sp³-hybridized carbons (Fsp3) is 0.412. The minimum absolute atomic E-state index is 0.0136. The number of hydrogen-bond donors (Lipinski definition) is 3. The molecule has 1 aliphatic heterocycles. The van der Waals surface area contributed by atoms with Crippen molar-refractivity contribution in [1.82, 2.24) is 25.4 Å². The summed E-state index contributed by atoms with van der Waals surface area (Å²) in [6.45, 7) is 0.697. The monoisotopic (exact) mass is 662 g/mol. The first-order chi connectivity index (χ1) is 23.1. The van der Waals surface area contributed by atoms with Crippen LogP contribution in [0.1, 0.15) is 41.6 Å². The van der Waals surface area contributed by atoms with Crippen LogP contribution < -0.4 is 30.2 Å². The molecule has 0 unspecified atom stereocenters. The highest BCUT2D eigenvalue weighted by Crippen LogP contribution is 2.38. The Balaban J connectivity index is 1.36. The molecule has 3 aromatic rings. The van der Waals surface area contributed by atoms with Gasteiger partial charge in [-0.05, 0) is 69.7 Å². The predicted octanol–water partition coefficient (Wildman–Crippen LogP) is 2.15. The number of fused-ring (bicyclic) bond motifs is 1. The largest absolute Gasteiger partial charge is 0.493 e. The zero-order chi connectivity index (χ0) is 34.8. The van der Waals surface area contributed by atoms with E-state index < -0.39 is 29.5 Å². The summed E-state index contributed by atoms with van der Waals surface area (Å²) in [5, 5.41) is 8.63. The summed E-state index contributed by atoms with van der Waals surface area (Å²) in [5.74, 6) is -1.53. The molecule has 4 amide bonds. The normalized spacial score (nSPS) is 14.0. The van der Waals surface area contributed by atoms with E-state index in [-0.39, 0.29) is 31.1 Å². The van der Waals surface area contributed by atoms with E-state index in [1.807, 2.05) is 19.0 Å². The van der Waals surface area contributed by atoms with E-state index in [1.165, 1.54) is 38.5 Å². The molecule has 0 radical (unpaired) electrons. The number of benzene rings is 2. The molecule has 48 heavy (non-hydrogen) atoms. The minimum atomic E-state index is -0.944. The van der Waals surface area contributed by atoms with Crippen LogP contribution in [0.5, 0.6) is 17.2 Å². The maximum absolute atomic E-state index is 13.2. The Morgan fingerprint density at radius 2 is 1.71 bits per heavy atom. The third-order valence-electron chi connectivity index (χ3n) is 7.98.